The standard InChI is InChI=1S/C16H17NO5S2/c18-16(10-23-13-6-7-24(19,20)11-13)21-9-15-17-8-14(22-15)12-4-2-1-3-5-12/h1-5,8,13H,6-7,9-11H2/t13-/m0/s1. The summed E-state index contributed by atoms with van der Waals surface area (Å²) < 4.78 is 33.4. The van der Waals surface area contributed by atoms with E-state index in [4.69, 9.17) is 9.15 Å². The minimum Gasteiger partial charge on any atom is -0.455 e. The molecule has 8 heteroatoms. The van der Waals surface area contributed by atoms with Crippen LogP contribution in [0.15, 0.2) is 40.9 Å². The third-order valence-corrected chi connectivity index (χ3v) is 6.85. The summed E-state index contributed by atoms with van der Waals surface area (Å²) in [7, 11) is -2.92. The fourth-order valence-electron chi connectivity index (χ4n) is 2.37. The monoisotopic (exact) mass is 367 g/mol. The number of esters is 1. The van der Waals surface area contributed by atoms with Crippen molar-refractivity contribution in [3.8, 4) is 11.3 Å². The van der Waals surface area contributed by atoms with E-state index in [1.165, 1.54) is 11.8 Å². The zero-order chi connectivity index (χ0) is 17.0. The quantitative estimate of drug-likeness (QED) is 0.724. The Bertz CT molecular complexity index is 801. The second-order valence-corrected chi connectivity index (χ2v) is 9.00. The Morgan fingerprint density at radius 2 is 2.12 bits per heavy atom. The molecule has 24 heavy (non-hydrogen) atoms. The highest BCUT2D eigenvalue weighted by Crippen LogP contribution is 2.24. The zero-order valence-electron chi connectivity index (χ0n) is 12.9. The summed E-state index contributed by atoms with van der Waals surface area (Å²) in [6, 6.07) is 9.52. The fraction of sp³-hybridized carbons (Fsp3) is 0.375. The highest BCUT2D eigenvalue weighted by Gasteiger charge is 2.28. The van der Waals surface area contributed by atoms with E-state index < -0.39 is 15.8 Å². The SMILES string of the molecule is O=C(CS[C@H]1CCS(=O)(=O)C1)OCc1ncc(-c2ccccc2)o1. The topological polar surface area (TPSA) is 86.5 Å². The highest BCUT2D eigenvalue weighted by molar-refractivity contribution is 8.02. The summed E-state index contributed by atoms with van der Waals surface area (Å²) in [5.41, 5.74) is 0.903. The van der Waals surface area contributed by atoms with Crippen LogP contribution >= 0.6 is 11.8 Å². The maximum absolute atomic E-state index is 11.7. The summed E-state index contributed by atoms with van der Waals surface area (Å²) >= 11 is 1.33. The van der Waals surface area contributed by atoms with Gasteiger partial charge in [-0.25, -0.2) is 13.4 Å². The summed E-state index contributed by atoms with van der Waals surface area (Å²) in [6.45, 7) is -0.0325. The molecule has 1 aliphatic heterocycles. The molecule has 128 valence electrons. The molecule has 3 rings (SSSR count). The lowest BCUT2D eigenvalue weighted by Crippen LogP contribution is -2.12. The maximum atomic E-state index is 11.7. The molecule has 0 amide bonds. The van der Waals surface area contributed by atoms with Crippen LogP contribution in [0.25, 0.3) is 11.3 Å². The van der Waals surface area contributed by atoms with Gasteiger partial charge in [-0.3, -0.25) is 4.79 Å². The van der Waals surface area contributed by atoms with Gasteiger partial charge >= 0.3 is 5.97 Å². The average molecular weight is 367 g/mol. The Labute approximate surface area is 144 Å². The molecule has 1 fully saturated rings. The van der Waals surface area contributed by atoms with Gasteiger partial charge in [0.25, 0.3) is 0 Å². The number of thioether (sulfide) groups is 1. The van der Waals surface area contributed by atoms with Crippen LogP contribution in [0, 0.1) is 0 Å². The van der Waals surface area contributed by atoms with Crippen LogP contribution in [0.4, 0.5) is 0 Å². The first kappa shape index (κ1) is 17.0. The van der Waals surface area contributed by atoms with Crippen molar-refractivity contribution in [2.45, 2.75) is 18.3 Å². The third kappa shape index (κ3) is 4.61. The van der Waals surface area contributed by atoms with Crippen LogP contribution in [0.5, 0.6) is 0 Å². The number of nitrogens with zero attached hydrogens (tertiary/aromatic N) is 1. The van der Waals surface area contributed by atoms with Gasteiger partial charge in [0.2, 0.25) is 5.89 Å². The second kappa shape index (κ2) is 7.40. The number of ether oxygens (including phenoxy) is 1. The molecule has 6 nitrogen and oxygen atoms in total. The predicted octanol–water partition coefficient (Wildman–Crippen LogP) is 2.31. The van der Waals surface area contributed by atoms with E-state index in [1.807, 2.05) is 30.3 Å². The number of rotatable bonds is 6. The van der Waals surface area contributed by atoms with Crippen molar-refractivity contribution < 1.29 is 22.4 Å². The van der Waals surface area contributed by atoms with Crippen LogP contribution in [0.1, 0.15) is 12.3 Å². The van der Waals surface area contributed by atoms with Gasteiger partial charge in [0.1, 0.15) is 0 Å². The molecule has 0 N–H and O–H groups in total. The van der Waals surface area contributed by atoms with E-state index >= 15 is 0 Å². The van der Waals surface area contributed by atoms with Crippen LogP contribution in [-0.4, -0.2) is 41.9 Å². The van der Waals surface area contributed by atoms with Gasteiger partial charge in [-0.15, -0.1) is 11.8 Å². The van der Waals surface area contributed by atoms with Gasteiger partial charge in [0.15, 0.2) is 22.2 Å². The average Bonchev–Trinajstić information content (AvgIpc) is 3.18. The Kier molecular flexibility index (Phi) is 5.25. The molecule has 2 aromatic rings. The summed E-state index contributed by atoms with van der Waals surface area (Å²) in [5.74, 6) is 1.03. The van der Waals surface area contributed by atoms with Crippen molar-refractivity contribution in [2.75, 3.05) is 17.3 Å². The molecular weight excluding hydrogens is 350 g/mol. The normalized spacial score (nSPS) is 19.2. The molecule has 0 aliphatic carbocycles. The third-order valence-electron chi connectivity index (χ3n) is 3.60. The van der Waals surface area contributed by atoms with Gasteiger partial charge in [0.05, 0.1) is 23.5 Å². The number of carbonyl (C=O) groups is 1. The van der Waals surface area contributed by atoms with Gasteiger partial charge in [-0.1, -0.05) is 30.3 Å². The molecule has 0 spiro atoms. The Morgan fingerprint density at radius 1 is 1.33 bits per heavy atom. The van der Waals surface area contributed by atoms with Crippen molar-refractivity contribution in [1.29, 1.82) is 0 Å². The first-order valence-electron chi connectivity index (χ1n) is 7.50. The minimum absolute atomic E-state index is 0.0195. The van der Waals surface area contributed by atoms with Crippen LogP contribution < -0.4 is 0 Å². The van der Waals surface area contributed by atoms with E-state index in [-0.39, 0.29) is 29.1 Å². The van der Waals surface area contributed by atoms with E-state index in [2.05, 4.69) is 4.98 Å². The highest BCUT2D eigenvalue weighted by atomic mass is 32.2. The van der Waals surface area contributed by atoms with E-state index in [0.717, 1.165) is 5.56 Å². The molecule has 0 bridgehead atoms. The molecule has 1 aliphatic rings. The molecule has 1 saturated heterocycles. The number of benzene rings is 1. The molecule has 0 radical (unpaired) electrons. The molecule has 0 unspecified atom stereocenters. The van der Waals surface area contributed by atoms with Crippen molar-refractivity contribution in [3.63, 3.8) is 0 Å². The van der Waals surface area contributed by atoms with Crippen LogP contribution in [-0.2, 0) is 26.0 Å². The molecule has 2 heterocycles. The molecule has 1 atom stereocenters. The summed E-state index contributed by atoms with van der Waals surface area (Å²) in [5, 5.41) is -0.0195. The van der Waals surface area contributed by atoms with Crippen molar-refractivity contribution in [3.05, 3.63) is 42.4 Å². The predicted molar refractivity (Wildman–Crippen MR) is 91.3 cm³/mol. The lowest BCUT2D eigenvalue weighted by Gasteiger charge is -2.06. The van der Waals surface area contributed by atoms with Gasteiger partial charge in [-0.05, 0) is 6.42 Å². The Balaban J connectivity index is 1.44. The first-order valence-corrected chi connectivity index (χ1v) is 10.4. The Morgan fingerprint density at radius 3 is 2.83 bits per heavy atom. The van der Waals surface area contributed by atoms with Crippen LogP contribution in [0.2, 0.25) is 0 Å². The van der Waals surface area contributed by atoms with E-state index in [0.29, 0.717) is 18.1 Å². The second-order valence-electron chi connectivity index (χ2n) is 5.48. The van der Waals surface area contributed by atoms with Crippen molar-refractivity contribution in [2.24, 2.45) is 0 Å². The van der Waals surface area contributed by atoms with Crippen molar-refractivity contribution >= 4 is 27.6 Å². The first-order chi connectivity index (χ1) is 11.5. The number of hydrogen-bond donors (Lipinski definition) is 0. The summed E-state index contributed by atoms with van der Waals surface area (Å²) in [6.07, 6.45) is 2.19. The molecule has 0 saturated carbocycles. The fourth-order valence-corrected chi connectivity index (χ4v) is 5.81. The lowest BCUT2D eigenvalue weighted by atomic mass is 10.2. The van der Waals surface area contributed by atoms with Crippen molar-refractivity contribution in [1.82, 2.24) is 4.98 Å². The van der Waals surface area contributed by atoms with Gasteiger partial charge in [0, 0.05) is 10.8 Å². The number of sulfone groups is 1. The van der Waals surface area contributed by atoms with Crippen LogP contribution in [0.3, 0.4) is 0 Å². The minimum atomic E-state index is -2.92. The Hall–Kier alpha value is -1.80. The number of oxazole rings is 1. The molecule has 1 aromatic carbocycles. The number of carbonyl (C=O) groups excluding carboxylic acids is 1. The van der Waals surface area contributed by atoms with E-state index in [1.54, 1.807) is 6.20 Å². The summed E-state index contributed by atoms with van der Waals surface area (Å²) in [4.78, 5) is 15.8. The molecular formula is C16H17NO5S2. The van der Waals surface area contributed by atoms with E-state index in [9.17, 15) is 13.2 Å². The zero-order valence-corrected chi connectivity index (χ0v) is 14.5. The molecule has 1 aromatic heterocycles. The van der Waals surface area contributed by atoms with Gasteiger partial charge in [-0.2, -0.15) is 0 Å². The van der Waals surface area contributed by atoms with Gasteiger partial charge < -0.3 is 9.15 Å². The lowest BCUT2D eigenvalue weighted by molar-refractivity contribution is -0.142. The largest absolute Gasteiger partial charge is 0.455 e. The number of hydrogen-bond acceptors (Lipinski definition) is 7. The smallest absolute Gasteiger partial charge is 0.316 e. The number of aromatic nitrogens is 1. The maximum Gasteiger partial charge on any atom is 0.316 e.